The second-order valence-electron chi connectivity index (χ2n) is 5.94. The largest absolute Gasteiger partial charge is 0.480 e. The van der Waals surface area contributed by atoms with Crippen LogP contribution < -0.4 is 10.6 Å². The lowest BCUT2D eigenvalue weighted by molar-refractivity contribution is -0.137. The van der Waals surface area contributed by atoms with Crippen LogP contribution in [-0.2, 0) is 9.53 Å². The van der Waals surface area contributed by atoms with E-state index >= 15 is 0 Å². The minimum absolute atomic E-state index is 0.151. The molecule has 0 radical (unpaired) electrons. The van der Waals surface area contributed by atoms with Crippen LogP contribution in [0, 0.1) is 5.92 Å². The molecule has 22 heavy (non-hydrogen) atoms. The smallest absolute Gasteiger partial charge is 0.325 e. The zero-order valence-electron chi connectivity index (χ0n) is 13.2. The van der Waals surface area contributed by atoms with Crippen molar-refractivity contribution in [2.75, 3.05) is 17.2 Å². The Hall–Kier alpha value is -1.89. The Labute approximate surface area is 130 Å². The number of anilines is 2. The maximum atomic E-state index is 10.9. The second-order valence-corrected chi connectivity index (χ2v) is 5.94. The minimum atomic E-state index is -0.942. The third-order valence-corrected chi connectivity index (χ3v) is 3.73. The lowest BCUT2D eigenvalue weighted by Gasteiger charge is -2.35. The molecule has 1 aliphatic rings. The summed E-state index contributed by atoms with van der Waals surface area (Å²) in [6, 6.07) is 1.24. The fraction of sp³-hybridized carbons (Fsp3) is 0.667. The van der Waals surface area contributed by atoms with Crippen LogP contribution in [0.25, 0.3) is 0 Å². The van der Waals surface area contributed by atoms with E-state index in [1.165, 1.54) is 0 Å². The van der Waals surface area contributed by atoms with Gasteiger partial charge in [-0.2, -0.15) is 4.98 Å². The Bertz CT molecular complexity index is 509. The van der Waals surface area contributed by atoms with Crippen molar-refractivity contribution >= 4 is 17.7 Å². The van der Waals surface area contributed by atoms with Gasteiger partial charge in [0.1, 0.15) is 11.9 Å². The van der Waals surface area contributed by atoms with Crippen LogP contribution in [0.15, 0.2) is 12.3 Å². The molecular weight excluding hydrogens is 284 g/mol. The molecule has 1 fully saturated rings. The molecule has 0 spiro atoms. The summed E-state index contributed by atoms with van der Waals surface area (Å²) >= 11 is 0. The first-order valence-electron chi connectivity index (χ1n) is 7.68. The summed E-state index contributed by atoms with van der Waals surface area (Å²) in [4.78, 5) is 19.3. The van der Waals surface area contributed by atoms with Gasteiger partial charge in [0.25, 0.3) is 0 Å². The Morgan fingerprint density at radius 3 is 2.91 bits per heavy atom. The van der Waals surface area contributed by atoms with Gasteiger partial charge in [-0.05, 0) is 31.7 Å². The molecule has 1 aromatic rings. The summed E-state index contributed by atoms with van der Waals surface area (Å²) in [5.41, 5.74) is 0. The molecule has 2 heterocycles. The summed E-state index contributed by atoms with van der Waals surface area (Å²) in [5, 5.41) is 15.1. The van der Waals surface area contributed by atoms with Gasteiger partial charge < -0.3 is 20.5 Å². The normalized spacial score (nSPS) is 23.1. The predicted octanol–water partition coefficient (Wildman–Crippen LogP) is 1.98. The highest BCUT2D eigenvalue weighted by Crippen LogP contribution is 2.23. The number of nitrogens with one attached hydrogen (secondary N) is 2. The van der Waals surface area contributed by atoms with Gasteiger partial charge in [-0.15, -0.1) is 0 Å². The van der Waals surface area contributed by atoms with Crippen molar-refractivity contribution in [3.05, 3.63) is 12.3 Å². The Balaban J connectivity index is 2.04. The van der Waals surface area contributed by atoms with E-state index in [0.29, 0.717) is 17.7 Å². The lowest BCUT2D eigenvalue weighted by Crippen LogP contribution is -2.43. The van der Waals surface area contributed by atoms with Gasteiger partial charge in [0.05, 0.1) is 12.1 Å². The number of rotatable bonds is 6. The average Bonchev–Trinajstić information content (AvgIpc) is 2.47. The van der Waals surface area contributed by atoms with E-state index in [1.807, 2.05) is 0 Å². The minimum Gasteiger partial charge on any atom is -0.480 e. The first-order valence-corrected chi connectivity index (χ1v) is 7.68. The quantitative estimate of drug-likeness (QED) is 0.739. The van der Waals surface area contributed by atoms with Crippen LogP contribution in [0.3, 0.4) is 0 Å². The molecule has 1 aliphatic heterocycles. The number of hydrogen-bond acceptors (Lipinski definition) is 6. The zero-order valence-corrected chi connectivity index (χ0v) is 13.2. The van der Waals surface area contributed by atoms with Crippen molar-refractivity contribution in [2.24, 2.45) is 5.92 Å². The van der Waals surface area contributed by atoms with Crippen molar-refractivity contribution in [2.45, 2.75) is 51.8 Å². The Morgan fingerprint density at radius 2 is 2.23 bits per heavy atom. The summed E-state index contributed by atoms with van der Waals surface area (Å²) in [7, 11) is 0. The molecule has 7 heteroatoms. The monoisotopic (exact) mass is 308 g/mol. The molecule has 1 aromatic heterocycles. The first-order chi connectivity index (χ1) is 10.5. The highest BCUT2D eigenvalue weighted by molar-refractivity contribution is 5.75. The van der Waals surface area contributed by atoms with E-state index < -0.39 is 12.0 Å². The Morgan fingerprint density at radius 1 is 1.45 bits per heavy atom. The van der Waals surface area contributed by atoms with Crippen molar-refractivity contribution in [1.29, 1.82) is 0 Å². The second kappa shape index (κ2) is 7.40. The number of carboxylic acids is 1. The van der Waals surface area contributed by atoms with E-state index in [4.69, 9.17) is 9.84 Å². The fourth-order valence-corrected chi connectivity index (χ4v) is 2.57. The number of hydrogen-bond donors (Lipinski definition) is 3. The van der Waals surface area contributed by atoms with Gasteiger partial charge in [-0.3, -0.25) is 4.79 Å². The number of nitrogens with zero attached hydrogens (tertiary/aromatic N) is 2. The molecule has 122 valence electrons. The van der Waals surface area contributed by atoms with Gasteiger partial charge >= 0.3 is 5.97 Å². The van der Waals surface area contributed by atoms with E-state index in [0.717, 1.165) is 19.4 Å². The van der Waals surface area contributed by atoms with Crippen LogP contribution >= 0.6 is 0 Å². The van der Waals surface area contributed by atoms with Crippen LogP contribution in [0.4, 0.5) is 11.8 Å². The van der Waals surface area contributed by atoms with Gasteiger partial charge in [0.2, 0.25) is 5.95 Å². The average molecular weight is 308 g/mol. The van der Waals surface area contributed by atoms with Crippen LogP contribution in [0.5, 0.6) is 0 Å². The highest BCUT2D eigenvalue weighted by atomic mass is 16.5. The van der Waals surface area contributed by atoms with Gasteiger partial charge in [-0.25, -0.2) is 4.98 Å². The molecule has 0 aliphatic carbocycles. The summed E-state index contributed by atoms with van der Waals surface area (Å²) in [6.45, 7) is 6.64. The summed E-state index contributed by atoms with van der Waals surface area (Å²) in [6.07, 6.45) is 3.81. The molecule has 3 atom stereocenters. The summed E-state index contributed by atoms with van der Waals surface area (Å²) in [5.74, 6) is 0.459. The molecule has 2 rings (SSSR count). The first kappa shape index (κ1) is 16.5. The topological polar surface area (TPSA) is 96.4 Å². The third-order valence-electron chi connectivity index (χ3n) is 3.73. The van der Waals surface area contributed by atoms with E-state index in [9.17, 15) is 4.79 Å². The van der Waals surface area contributed by atoms with Gasteiger partial charge in [0, 0.05) is 12.8 Å². The molecule has 0 aromatic carbocycles. The van der Waals surface area contributed by atoms with Crippen LogP contribution in [-0.4, -0.2) is 45.8 Å². The fourth-order valence-electron chi connectivity index (χ4n) is 2.57. The maximum Gasteiger partial charge on any atom is 0.325 e. The highest BCUT2D eigenvalue weighted by Gasteiger charge is 2.28. The van der Waals surface area contributed by atoms with Crippen molar-refractivity contribution < 1.29 is 14.6 Å². The van der Waals surface area contributed by atoms with Crippen molar-refractivity contribution in [1.82, 2.24) is 9.97 Å². The molecule has 1 saturated heterocycles. The van der Waals surface area contributed by atoms with Crippen molar-refractivity contribution in [3.63, 3.8) is 0 Å². The lowest BCUT2D eigenvalue weighted by atomic mass is 9.94. The molecule has 3 N–H and O–H groups in total. The number of aromatic nitrogens is 2. The molecule has 7 nitrogen and oxygen atoms in total. The number of carboxylic acid groups (broad SMARTS) is 1. The number of ether oxygens (including phenoxy) is 1. The molecule has 0 amide bonds. The zero-order chi connectivity index (χ0) is 16.1. The van der Waals surface area contributed by atoms with Gasteiger partial charge in [0.15, 0.2) is 0 Å². The maximum absolute atomic E-state index is 10.9. The van der Waals surface area contributed by atoms with Crippen LogP contribution in [0.1, 0.15) is 33.6 Å². The number of carbonyl (C=O) groups is 1. The molecular formula is C15H24N4O3. The summed E-state index contributed by atoms with van der Waals surface area (Å²) < 4.78 is 5.85. The Kier molecular flexibility index (Phi) is 5.54. The molecule has 0 saturated carbocycles. The molecule has 2 unspecified atom stereocenters. The SMILES string of the molecule is CC(C)C1OCCCC1Nc1ccnc(N[C@@H](C)C(=O)O)n1. The van der Waals surface area contributed by atoms with Crippen molar-refractivity contribution in [3.8, 4) is 0 Å². The van der Waals surface area contributed by atoms with Gasteiger partial charge in [-0.1, -0.05) is 13.8 Å². The molecule has 0 bridgehead atoms. The van der Waals surface area contributed by atoms with E-state index in [-0.39, 0.29) is 12.1 Å². The number of aliphatic carboxylic acids is 1. The predicted molar refractivity (Wildman–Crippen MR) is 84.0 cm³/mol. The third kappa shape index (κ3) is 4.30. The van der Waals surface area contributed by atoms with Crippen LogP contribution in [0.2, 0.25) is 0 Å². The standard InChI is InChI=1S/C15H24N4O3/c1-9(2)13-11(5-4-8-22-13)18-12-6-7-16-15(19-12)17-10(3)14(20)21/h6-7,9-11,13H,4-5,8H2,1-3H3,(H,20,21)(H2,16,17,18,19)/t10-,11?,13?/m0/s1. The van der Waals surface area contributed by atoms with E-state index in [1.54, 1.807) is 19.2 Å². The van der Waals surface area contributed by atoms with E-state index in [2.05, 4.69) is 34.4 Å².